The van der Waals surface area contributed by atoms with Crippen LogP contribution in [-0.4, -0.2) is 56.9 Å². The Morgan fingerprint density at radius 1 is 1.16 bits per heavy atom. The molecule has 4 heterocycles. The van der Waals surface area contributed by atoms with E-state index in [-0.39, 0.29) is 16.9 Å². The number of hydrogen-bond donors (Lipinski definition) is 3. The summed E-state index contributed by atoms with van der Waals surface area (Å²) >= 11 is 0. The molecule has 3 N–H and O–H groups in total. The SMILES string of the molecule is CC1CCCCN1c1nc(Nc2ccc(N3CCC(C)(C(C)C(=O)O)CC3)cc2)c2c(=O)[nH]ncc2n1. The molecule has 2 aliphatic heterocycles. The van der Waals surface area contributed by atoms with Gasteiger partial charge in [0.1, 0.15) is 16.7 Å². The van der Waals surface area contributed by atoms with E-state index in [0.29, 0.717) is 28.7 Å². The molecule has 2 fully saturated rings. The Morgan fingerprint density at radius 3 is 2.57 bits per heavy atom. The van der Waals surface area contributed by atoms with E-state index in [9.17, 15) is 14.7 Å². The largest absolute Gasteiger partial charge is 0.481 e. The van der Waals surface area contributed by atoms with Crippen LogP contribution in [-0.2, 0) is 4.79 Å². The lowest BCUT2D eigenvalue weighted by molar-refractivity contribution is -0.146. The monoisotopic (exact) mass is 505 g/mol. The van der Waals surface area contributed by atoms with Crippen molar-refractivity contribution in [1.29, 1.82) is 0 Å². The molecule has 196 valence electrons. The molecule has 0 saturated carbocycles. The van der Waals surface area contributed by atoms with E-state index in [2.05, 4.69) is 56.3 Å². The van der Waals surface area contributed by atoms with Gasteiger partial charge in [0, 0.05) is 37.1 Å². The van der Waals surface area contributed by atoms with E-state index in [1.165, 1.54) is 6.42 Å². The fourth-order valence-corrected chi connectivity index (χ4v) is 5.50. The lowest BCUT2D eigenvalue weighted by atomic mass is 9.71. The molecular formula is C27H35N7O3. The summed E-state index contributed by atoms with van der Waals surface area (Å²) in [5.74, 6) is -0.0139. The smallest absolute Gasteiger partial charge is 0.306 e. The van der Waals surface area contributed by atoms with Crippen LogP contribution in [0.4, 0.5) is 23.1 Å². The second-order valence-electron chi connectivity index (χ2n) is 10.7. The van der Waals surface area contributed by atoms with Crippen molar-refractivity contribution >= 4 is 40.0 Å². The number of piperidine rings is 2. The summed E-state index contributed by atoms with van der Waals surface area (Å²) in [6.45, 7) is 8.60. The van der Waals surface area contributed by atoms with E-state index >= 15 is 0 Å². The van der Waals surface area contributed by atoms with Crippen molar-refractivity contribution in [3.8, 4) is 0 Å². The van der Waals surface area contributed by atoms with Crippen molar-refractivity contribution in [1.82, 2.24) is 20.2 Å². The number of nitrogens with zero attached hydrogens (tertiary/aromatic N) is 5. The molecule has 10 nitrogen and oxygen atoms in total. The highest BCUT2D eigenvalue weighted by molar-refractivity contribution is 5.90. The number of carbonyl (C=O) groups is 1. The number of carboxylic acid groups (broad SMARTS) is 1. The number of aromatic nitrogens is 4. The Hall–Kier alpha value is -3.69. The number of nitrogens with one attached hydrogen (secondary N) is 2. The average Bonchev–Trinajstić information content (AvgIpc) is 2.89. The number of benzene rings is 1. The molecule has 2 aliphatic rings. The minimum atomic E-state index is -0.726. The van der Waals surface area contributed by atoms with Crippen LogP contribution in [0.2, 0.25) is 0 Å². The highest BCUT2D eigenvalue weighted by Crippen LogP contribution is 2.40. The average molecular weight is 506 g/mol. The third-order valence-electron chi connectivity index (χ3n) is 8.38. The summed E-state index contributed by atoms with van der Waals surface area (Å²) < 4.78 is 0. The maximum Gasteiger partial charge on any atom is 0.306 e. The lowest BCUT2D eigenvalue weighted by Crippen LogP contribution is -2.43. The number of fused-ring (bicyclic) bond motifs is 1. The maximum atomic E-state index is 12.6. The number of rotatable bonds is 6. The highest BCUT2D eigenvalue weighted by atomic mass is 16.4. The van der Waals surface area contributed by atoms with Crippen LogP contribution in [0.1, 0.15) is 52.9 Å². The highest BCUT2D eigenvalue weighted by Gasteiger charge is 2.38. The van der Waals surface area contributed by atoms with Gasteiger partial charge in [0.25, 0.3) is 5.56 Å². The van der Waals surface area contributed by atoms with Crippen molar-refractivity contribution in [2.24, 2.45) is 11.3 Å². The van der Waals surface area contributed by atoms with Gasteiger partial charge in [-0.2, -0.15) is 10.1 Å². The van der Waals surface area contributed by atoms with Crippen molar-refractivity contribution < 1.29 is 9.90 Å². The first-order valence-electron chi connectivity index (χ1n) is 13.1. The number of aliphatic carboxylic acids is 1. The molecule has 5 rings (SSSR count). The molecule has 0 amide bonds. The third-order valence-corrected chi connectivity index (χ3v) is 8.38. The van der Waals surface area contributed by atoms with Gasteiger partial charge in [-0.3, -0.25) is 9.59 Å². The van der Waals surface area contributed by atoms with Crippen molar-refractivity contribution in [2.75, 3.05) is 34.8 Å². The number of hydrogen-bond acceptors (Lipinski definition) is 8. The van der Waals surface area contributed by atoms with Crippen LogP contribution in [0.3, 0.4) is 0 Å². The Labute approximate surface area is 216 Å². The molecule has 2 atom stereocenters. The minimum Gasteiger partial charge on any atom is -0.481 e. The molecular weight excluding hydrogens is 470 g/mol. The van der Waals surface area contributed by atoms with Gasteiger partial charge >= 0.3 is 5.97 Å². The molecule has 2 unspecified atom stereocenters. The first-order chi connectivity index (χ1) is 17.7. The Bertz CT molecular complexity index is 1330. The van der Waals surface area contributed by atoms with Crippen LogP contribution in [0, 0.1) is 11.3 Å². The van der Waals surface area contributed by atoms with Gasteiger partial charge in [0.2, 0.25) is 5.95 Å². The van der Waals surface area contributed by atoms with Gasteiger partial charge in [-0.05, 0) is 68.7 Å². The number of carboxylic acids is 1. The molecule has 0 bridgehead atoms. The van der Waals surface area contributed by atoms with Crippen LogP contribution < -0.4 is 20.7 Å². The summed E-state index contributed by atoms with van der Waals surface area (Å²) in [6, 6.07) is 8.40. The Balaban J connectivity index is 1.37. The van der Waals surface area contributed by atoms with Crippen molar-refractivity contribution in [3.05, 3.63) is 40.8 Å². The van der Waals surface area contributed by atoms with E-state index in [0.717, 1.165) is 56.7 Å². The quantitative estimate of drug-likeness (QED) is 0.452. The first-order valence-corrected chi connectivity index (χ1v) is 13.1. The number of H-pyrrole nitrogens is 1. The van der Waals surface area contributed by atoms with E-state index < -0.39 is 5.97 Å². The second-order valence-corrected chi connectivity index (χ2v) is 10.7. The predicted octanol–water partition coefficient (Wildman–Crippen LogP) is 4.16. The van der Waals surface area contributed by atoms with E-state index in [1.807, 2.05) is 19.1 Å². The Kier molecular flexibility index (Phi) is 6.74. The summed E-state index contributed by atoms with van der Waals surface area (Å²) in [4.78, 5) is 38.1. The molecule has 2 saturated heterocycles. The number of anilines is 4. The van der Waals surface area contributed by atoms with Gasteiger partial charge < -0.3 is 20.2 Å². The van der Waals surface area contributed by atoms with Gasteiger partial charge in [-0.15, -0.1) is 0 Å². The molecule has 37 heavy (non-hydrogen) atoms. The third kappa shape index (κ3) is 4.97. The van der Waals surface area contributed by atoms with Crippen LogP contribution >= 0.6 is 0 Å². The molecule has 10 heteroatoms. The zero-order valence-corrected chi connectivity index (χ0v) is 21.7. The second kappa shape index (κ2) is 9.99. The van der Waals surface area contributed by atoms with Crippen molar-refractivity contribution in [3.63, 3.8) is 0 Å². The fourth-order valence-electron chi connectivity index (χ4n) is 5.50. The summed E-state index contributed by atoms with van der Waals surface area (Å²) in [5.41, 5.74) is 1.90. The minimum absolute atomic E-state index is 0.191. The first kappa shape index (κ1) is 25.0. The lowest BCUT2D eigenvalue weighted by Gasteiger charge is -2.42. The number of aromatic amines is 1. The zero-order valence-electron chi connectivity index (χ0n) is 21.7. The molecule has 0 radical (unpaired) electrons. The van der Waals surface area contributed by atoms with Gasteiger partial charge in [-0.1, -0.05) is 13.8 Å². The molecule has 1 aromatic carbocycles. The normalized spacial score (nSPS) is 20.6. The fraction of sp³-hybridized carbons (Fsp3) is 0.519. The van der Waals surface area contributed by atoms with E-state index in [4.69, 9.17) is 4.98 Å². The summed E-state index contributed by atoms with van der Waals surface area (Å²) in [7, 11) is 0. The maximum absolute atomic E-state index is 12.6. The molecule has 0 aliphatic carbocycles. The summed E-state index contributed by atoms with van der Waals surface area (Å²) in [6.07, 6.45) is 6.61. The van der Waals surface area contributed by atoms with Crippen LogP contribution in [0.15, 0.2) is 35.3 Å². The molecule has 0 spiro atoms. The Morgan fingerprint density at radius 2 is 1.89 bits per heavy atom. The van der Waals surface area contributed by atoms with Gasteiger partial charge in [0.05, 0.1) is 12.1 Å². The van der Waals surface area contributed by atoms with E-state index in [1.54, 1.807) is 6.20 Å². The van der Waals surface area contributed by atoms with Crippen LogP contribution in [0.5, 0.6) is 0 Å². The zero-order chi connectivity index (χ0) is 26.2. The topological polar surface area (TPSA) is 127 Å². The predicted molar refractivity (Wildman–Crippen MR) is 145 cm³/mol. The molecule has 2 aromatic heterocycles. The van der Waals surface area contributed by atoms with Gasteiger partial charge in [0.15, 0.2) is 0 Å². The molecule has 3 aromatic rings. The standard InChI is InChI=1S/C27H35N7O3/c1-17-6-4-5-13-34(17)26-30-21-16-28-32-24(35)22(21)23(31-26)29-19-7-9-20(10-8-19)33-14-11-27(3,12-15-33)18(2)25(36)37/h7-10,16-18H,4-6,11-15H2,1-3H3,(H,32,35)(H,36,37)(H,29,30,31). The summed E-state index contributed by atoms with van der Waals surface area (Å²) in [5, 5.41) is 19.6. The van der Waals surface area contributed by atoms with Gasteiger partial charge in [-0.25, -0.2) is 10.1 Å². The van der Waals surface area contributed by atoms with Crippen LogP contribution in [0.25, 0.3) is 10.9 Å². The van der Waals surface area contributed by atoms with Crippen molar-refractivity contribution in [2.45, 2.75) is 58.9 Å².